The van der Waals surface area contributed by atoms with Crippen LogP contribution in [0.15, 0.2) is 18.1 Å². The maximum Gasteiger partial charge on any atom is 0.502 e. The van der Waals surface area contributed by atoms with Gasteiger partial charge in [-0.15, -0.1) is 0 Å². The second-order valence-electron chi connectivity index (χ2n) is 13.2. The summed E-state index contributed by atoms with van der Waals surface area (Å²) >= 11 is 0. The molecule has 0 saturated heterocycles. The van der Waals surface area contributed by atoms with Crippen LogP contribution in [0, 0.1) is 0 Å². The maximum atomic E-state index is 6.08. The van der Waals surface area contributed by atoms with E-state index < -0.39 is 37.9 Å². The van der Waals surface area contributed by atoms with Gasteiger partial charge in [-0.2, -0.15) is 0 Å². The van der Waals surface area contributed by atoms with E-state index in [-0.39, 0.29) is 7.43 Å². The fraction of sp³-hybridized carbons (Fsp3) is 1.00. The predicted octanol–water partition coefficient (Wildman–Crippen LogP) is 5.82. The van der Waals surface area contributed by atoms with Crippen LogP contribution in [0.1, 0.15) is 7.43 Å². The fourth-order valence-electron chi connectivity index (χ4n) is 6.00. The van der Waals surface area contributed by atoms with Gasteiger partial charge in [0.15, 0.2) is 0 Å². The molecule has 0 aromatic carbocycles. The van der Waals surface area contributed by atoms with Crippen molar-refractivity contribution >= 4 is 37.9 Å². The van der Waals surface area contributed by atoms with Crippen molar-refractivity contribution in [2.75, 3.05) is 169 Å². The molecule has 280 valence electrons. The van der Waals surface area contributed by atoms with E-state index in [1.54, 1.807) is 0 Å². The molecule has 0 aliphatic heterocycles. The van der Waals surface area contributed by atoms with Gasteiger partial charge in [0, 0.05) is 0 Å². The summed E-state index contributed by atoms with van der Waals surface area (Å²) in [4.78, 5) is 0. The average molecular weight is 756 g/mol. The largest absolute Gasteiger partial charge is 0.502 e. The molecule has 0 rings (SSSR count). The summed E-state index contributed by atoms with van der Waals surface area (Å²) in [5, 5.41) is 0. The van der Waals surface area contributed by atoms with E-state index >= 15 is 0 Å². The summed E-state index contributed by atoms with van der Waals surface area (Å²) < 4.78 is 51.2. The Bertz CT molecular complexity index is 877. The molecule has 46 heavy (non-hydrogen) atoms. The molecule has 0 heterocycles. The van der Waals surface area contributed by atoms with E-state index in [4.69, 9.17) is 18.1 Å². The lowest BCUT2D eigenvalue weighted by Gasteiger charge is -2.44. The van der Waals surface area contributed by atoms with Crippen LogP contribution in [0.5, 0.6) is 0 Å². The van der Waals surface area contributed by atoms with E-state index in [0.717, 1.165) is 0 Å². The van der Waals surface area contributed by atoms with Crippen molar-refractivity contribution in [2.24, 2.45) is 18.1 Å². The molecule has 0 radical (unpaired) electrons. The van der Waals surface area contributed by atoms with Gasteiger partial charge in [0.25, 0.3) is 0 Å². The molecule has 0 fully saturated rings. The number of hydrogen-bond donors (Lipinski definition) is 0. The predicted molar refractivity (Wildman–Crippen MR) is 215 cm³/mol. The molecular formula is C25H76N16P5+. The first-order valence-corrected chi connectivity index (χ1v) is 22.7. The maximum absolute atomic E-state index is 6.08. The monoisotopic (exact) mass is 756 g/mol. The van der Waals surface area contributed by atoms with Gasteiger partial charge in [-0.25, -0.2) is 56.0 Å². The highest BCUT2D eigenvalue weighted by Crippen LogP contribution is 2.86. The highest BCUT2D eigenvalue weighted by Gasteiger charge is 2.56. The topological polar surface area (TPSA) is 88.3 Å². The van der Waals surface area contributed by atoms with E-state index in [1.165, 1.54) is 0 Å². The van der Waals surface area contributed by atoms with Gasteiger partial charge in [-0.3, -0.25) is 0 Å². The zero-order chi connectivity index (χ0) is 36.3. The van der Waals surface area contributed by atoms with Crippen LogP contribution in [0.2, 0.25) is 0 Å². The SMILES string of the molecule is C.CN(C)P(=N[P+](N=P(N(C)C)(N(C)C)N(C)C)(N=P(N(C)C)(N(C)C)N(C)C)N=P(N(C)C)(N(C)C)N(C)C)(N(C)C)N(C)C. The molecule has 0 N–H and O–H groups in total. The van der Waals surface area contributed by atoms with Gasteiger partial charge in [0.1, 0.15) is 0 Å². The summed E-state index contributed by atoms with van der Waals surface area (Å²) in [6, 6.07) is 0. The second kappa shape index (κ2) is 18.4. The lowest BCUT2D eigenvalue weighted by molar-refractivity contribution is 0.470. The Hall–Kier alpha value is 0.870. The average Bonchev–Trinajstić information content (AvgIpc) is 2.84. The standard InChI is InChI=1S/C24H72N16P5.CH4/c1-29(2)42(30(3)4,31(5)6)25-41(26-43(32(7)8,33(9)10)34(11)12,27-44(35(13)14,36(15)16)37(17)18)28-45(38(19)20,39(21)22)40(23)24;/h1-24H3;1H4/q+1;. The fourth-order valence-corrected chi connectivity index (χ4v) is 30.2. The Labute approximate surface area is 288 Å². The summed E-state index contributed by atoms with van der Waals surface area (Å²) in [6.07, 6.45) is 0. The zero-order valence-corrected chi connectivity index (χ0v) is 37.9. The van der Waals surface area contributed by atoms with Crippen LogP contribution in [-0.2, 0) is 0 Å². The van der Waals surface area contributed by atoms with Crippen molar-refractivity contribution in [3.8, 4) is 0 Å². The first-order chi connectivity index (χ1) is 20.1. The quantitative estimate of drug-likeness (QED) is 0.178. The molecule has 16 nitrogen and oxygen atoms in total. The highest BCUT2D eigenvalue weighted by atomic mass is 31.3. The van der Waals surface area contributed by atoms with Crippen molar-refractivity contribution in [1.82, 2.24) is 56.0 Å². The second-order valence-corrected chi connectivity index (χ2v) is 31.0. The van der Waals surface area contributed by atoms with Gasteiger partial charge < -0.3 is 0 Å². The van der Waals surface area contributed by atoms with Gasteiger partial charge in [0.05, 0.1) is 0 Å². The van der Waals surface area contributed by atoms with E-state index in [9.17, 15) is 0 Å². The Kier molecular flexibility index (Phi) is 19.6. The molecular weight excluding hydrogens is 679 g/mol. The third-order valence-corrected chi connectivity index (χ3v) is 28.0. The third-order valence-electron chi connectivity index (χ3n) is 7.40. The molecule has 21 heteroatoms. The third kappa shape index (κ3) is 9.20. The Morgan fingerprint density at radius 3 is 0.391 bits per heavy atom. The summed E-state index contributed by atoms with van der Waals surface area (Å²) in [7, 11) is 36.8. The smallest absolute Gasteiger partial charge is 0.249 e. The van der Waals surface area contributed by atoms with Gasteiger partial charge in [0.2, 0.25) is 30.0 Å². The molecule has 0 bridgehead atoms. The Balaban J connectivity index is 0. The zero-order valence-electron chi connectivity index (χ0n) is 33.4. The lowest BCUT2D eigenvalue weighted by Crippen LogP contribution is -2.33. The molecule has 0 aliphatic rings. The number of rotatable bonds is 16. The van der Waals surface area contributed by atoms with Crippen molar-refractivity contribution in [3.63, 3.8) is 0 Å². The molecule has 0 aliphatic carbocycles. The van der Waals surface area contributed by atoms with Crippen LogP contribution in [0.4, 0.5) is 0 Å². The van der Waals surface area contributed by atoms with Crippen molar-refractivity contribution < 1.29 is 0 Å². The van der Waals surface area contributed by atoms with E-state index in [0.29, 0.717) is 0 Å². The normalized spacial score (nSPS) is 14.5. The van der Waals surface area contributed by atoms with Gasteiger partial charge in [-0.1, -0.05) is 7.43 Å². The first kappa shape index (κ1) is 49.0. The van der Waals surface area contributed by atoms with E-state index in [2.05, 4.69) is 225 Å². The molecule has 0 aromatic rings. The van der Waals surface area contributed by atoms with E-state index in [1.807, 2.05) is 0 Å². The molecule has 0 spiro atoms. The van der Waals surface area contributed by atoms with Crippen LogP contribution in [-0.4, -0.2) is 225 Å². The summed E-state index contributed by atoms with van der Waals surface area (Å²) in [6.45, 7) is 0. The van der Waals surface area contributed by atoms with Crippen molar-refractivity contribution in [1.29, 1.82) is 0 Å². The van der Waals surface area contributed by atoms with Crippen LogP contribution in [0.25, 0.3) is 0 Å². The van der Waals surface area contributed by atoms with Gasteiger partial charge in [-0.05, 0) is 187 Å². The minimum atomic E-state index is -3.43. The first-order valence-electron chi connectivity index (χ1n) is 14.7. The van der Waals surface area contributed by atoms with Crippen LogP contribution >= 0.6 is 37.9 Å². The highest BCUT2D eigenvalue weighted by molar-refractivity contribution is 7.87. The summed E-state index contributed by atoms with van der Waals surface area (Å²) in [5.41, 5.74) is 0. The molecule has 0 amide bonds. The molecule has 0 atom stereocenters. The van der Waals surface area contributed by atoms with Crippen LogP contribution in [0.3, 0.4) is 0 Å². The number of nitrogens with zero attached hydrogens (tertiary/aromatic N) is 16. The minimum Gasteiger partial charge on any atom is -0.249 e. The van der Waals surface area contributed by atoms with Crippen molar-refractivity contribution in [3.05, 3.63) is 0 Å². The summed E-state index contributed by atoms with van der Waals surface area (Å²) in [5.74, 6) is 0. The lowest BCUT2D eigenvalue weighted by atomic mass is 11.2. The minimum absolute atomic E-state index is 0. The Morgan fingerprint density at radius 2 is 0.326 bits per heavy atom. The molecule has 0 saturated carbocycles. The molecule has 0 aromatic heterocycles. The number of hydrogen-bond acceptors (Lipinski definition) is 4. The van der Waals surface area contributed by atoms with Gasteiger partial charge >= 0.3 is 7.87 Å². The van der Waals surface area contributed by atoms with Crippen LogP contribution < -0.4 is 0 Å². The Morgan fingerprint density at radius 1 is 0.239 bits per heavy atom. The van der Waals surface area contributed by atoms with Crippen molar-refractivity contribution in [2.45, 2.75) is 7.43 Å². The molecule has 0 unspecified atom stereocenters.